The van der Waals surface area contributed by atoms with Crippen LogP contribution in [0.25, 0.3) is 0 Å². The summed E-state index contributed by atoms with van der Waals surface area (Å²) in [7, 11) is 3.42. The number of rotatable bonds is 3. The van der Waals surface area contributed by atoms with Crippen LogP contribution in [0, 0.1) is 5.92 Å². The zero-order valence-corrected chi connectivity index (χ0v) is 16.9. The first-order valence-corrected chi connectivity index (χ1v) is 9.44. The molecule has 0 saturated heterocycles. The highest BCUT2D eigenvalue weighted by Gasteiger charge is 2.25. The second-order valence-electron chi connectivity index (χ2n) is 7.17. The fraction of sp³-hybridized carbons (Fsp3) is 0.600. The zero-order chi connectivity index (χ0) is 20.0. The van der Waals surface area contributed by atoms with Crippen molar-refractivity contribution in [1.29, 1.82) is 0 Å². The number of nitrogens with one attached hydrogen (secondary N) is 2. The zero-order valence-electron chi connectivity index (χ0n) is 16.9. The average molecular weight is 377 g/mol. The van der Waals surface area contributed by atoms with E-state index in [1.165, 1.54) is 0 Å². The Morgan fingerprint density at radius 1 is 1.41 bits per heavy atom. The van der Waals surface area contributed by atoms with Gasteiger partial charge in [-0.3, -0.25) is 9.59 Å². The van der Waals surface area contributed by atoms with Gasteiger partial charge in [-0.1, -0.05) is 13.8 Å². The minimum atomic E-state index is -0.159. The first kappa shape index (κ1) is 21.2. The van der Waals surface area contributed by atoms with Gasteiger partial charge in [0.25, 0.3) is 5.91 Å². The van der Waals surface area contributed by atoms with Crippen molar-refractivity contribution in [2.24, 2.45) is 5.92 Å². The van der Waals surface area contributed by atoms with Crippen molar-refractivity contribution >= 4 is 17.5 Å². The van der Waals surface area contributed by atoms with Gasteiger partial charge in [0.2, 0.25) is 5.91 Å². The molecule has 27 heavy (non-hydrogen) atoms. The molecule has 2 rings (SSSR count). The van der Waals surface area contributed by atoms with Crippen LogP contribution >= 0.6 is 0 Å². The Bertz CT molecular complexity index is 665. The molecule has 0 radical (unpaired) electrons. The molecule has 0 spiro atoms. The van der Waals surface area contributed by atoms with E-state index in [-0.39, 0.29) is 29.9 Å². The Kier molecular flexibility index (Phi) is 7.62. The number of methoxy groups -OCH3 is 1. The van der Waals surface area contributed by atoms with E-state index in [0.29, 0.717) is 36.6 Å². The number of ether oxygens (including phenoxy) is 2. The van der Waals surface area contributed by atoms with Crippen LogP contribution < -0.4 is 15.4 Å². The van der Waals surface area contributed by atoms with Crippen molar-refractivity contribution in [1.82, 2.24) is 10.2 Å². The lowest BCUT2D eigenvalue weighted by Gasteiger charge is -2.30. The summed E-state index contributed by atoms with van der Waals surface area (Å²) < 4.78 is 11.5. The van der Waals surface area contributed by atoms with Crippen molar-refractivity contribution in [3.8, 4) is 5.75 Å². The summed E-state index contributed by atoms with van der Waals surface area (Å²) in [4.78, 5) is 26.4. The molecule has 0 bridgehead atoms. The summed E-state index contributed by atoms with van der Waals surface area (Å²) in [6.45, 7) is 7.62. The van der Waals surface area contributed by atoms with Gasteiger partial charge in [-0.2, -0.15) is 0 Å². The van der Waals surface area contributed by atoms with E-state index >= 15 is 0 Å². The van der Waals surface area contributed by atoms with Gasteiger partial charge in [0, 0.05) is 45.4 Å². The van der Waals surface area contributed by atoms with E-state index in [9.17, 15) is 9.59 Å². The molecule has 2 amide bonds. The predicted octanol–water partition coefficient (Wildman–Crippen LogP) is 2.13. The van der Waals surface area contributed by atoms with E-state index < -0.39 is 0 Å². The number of amides is 2. The van der Waals surface area contributed by atoms with E-state index in [1.54, 1.807) is 44.2 Å². The number of benzene rings is 1. The molecule has 0 fully saturated rings. The van der Waals surface area contributed by atoms with Gasteiger partial charge in [-0.25, -0.2) is 0 Å². The van der Waals surface area contributed by atoms with Gasteiger partial charge in [0.15, 0.2) is 0 Å². The van der Waals surface area contributed by atoms with Crippen LogP contribution in [0.1, 0.15) is 37.6 Å². The summed E-state index contributed by atoms with van der Waals surface area (Å²) in [5, 5.41) is 6.25. The molecule has 0 saturated carbocycles. The van der Waals surface area contributed by atoms with Crippen molar-refractivity contribution < 1.29 is 19.1 Å². The quantitative estimate of drug-likeness (QED) is 0.844. The molecular formula is C20H31N3O4. The minimum Gasteiger partial charge on any atom is -0.491 e. The van der Waals surface area contributed by atoms with E-state index in [2.05, 4.69) is 17.6 Å². The van der Waals surface area contributed by atoms with Crippen LogP contribution in [0.5, 0.6) is 5.75 Å². The van der Waals surface area contributed by atoms with E-state index in [1.807, 2.05) is 6.92 Å². The number of hydrogen-bond donors (Lipinski definition) is 2. The Morgan fingerprint density at radius 3 is 2.81 bits per heavy atom. The molecule has 1 aliphatic rings. The van der Waals surface area contributed by atoms with Gasteiger partial charge >= 0.3 is 0 Å². The normalized spacial score (nSPS) is 24.3. The molecule has 0 unspecified atom stereocenters. The topological polar surface area (TPSA) is 79.9 Å². The third-order valence-corrected chi connectivity index (χ3v) is 4.83. The lowest BCUT2D eigenvalue weighted by molar-refractivity contribution is -0.115. The molecule has 7 heteroatoms. The predicted molar refractivity (Wildman–Crippen MR) is 105 cm³/mol. The molecule has 1 aromatic rings. The highest BCUT2D eigenvalue weighted by Crippen LogP contribution is 2.25. The smallest absolute Gasteiger partial charge is 0.257 e. The number of anilines is 1. The second kappa shape index (κ2) is 9.71. The summed E-state index contributed by atoms with van der Waals surface area (Å²) in [6, 6.07) is 5.30. The lowest BCUT2D eigenvalue weighted by atomic mass is 10.0. The SMILES string of the molecule is CCC(=O)Nc1ccc2c(c1)C(=O)N(C)C[C@@H](OC)[C@@H](C)CN[C@@H](C)CO2. The Morgan fingerprint density at radius 2 is 2.15 bits per heavy atom. The number of hydrogen-bond acceptors (Lipinski definition) is 5. The number of fused-ring (bicyclic) bond motifs is 1. The highest BCUT2D eigenvalue weighted by atomic mass is 16.5. The van der Waals surface area contributed by atoms with Crippen LogP contribution in [-0.2, 0) is 9.53 Å². The Labute approximate surface area is 161 Å². The van der Waals surface area contributed by atoms with Crippen LogP contribution in [0.4, 0.5) is 5.69 Å². The number of nitrogens with zero attached hydrogens (tertiary/aromatic N) is 1. The van der Waals surface area contributed by atoms with Crippen LogP contribution in [0.2, 0.25) is 0 Å². The molecule has 1 heterocycles. The third-order valence-electron chi connectivity index (χ3n) is 4.83. The molecule has 3 atom stereocenters. The molecule has 0 aliphatic carbocycles. The molecular weight excluding hydrogens is 346 g/mol. The monoisotopic (exact) mass is 377 g/mol. The van der Waals surface area contributed by atoms with Crippen LogP contribution in [0.15, 0.2) is 18.2 Å². The maximum absolute atomic E-state index is 13.1. The van der Waals surface area contributed by atoms with Crippen molar-refractivity contribution in [2.75, 3.05) is 39.2 Å². The Balaban J connectivity index is 2.35. The first-order valence-electron chi connectivity index (χ1n) is 9.44. The first-order chi connectivity index (χ1) is 12.8. The van der Waals surface area contributed by atoms with Crippen LogP contribution in [0.3, 0.4) is 0 Å². The van der Waals surface area contributed by atoms with Crippen molar-refractivity contribution in [3.05, 3.63) is 23.8 Å². The number of carbonyl (C=O) groups is 2. The number of likely N-dealkylation sites (N-methyl/N-ethyl adjacent to an activating group) is 1. The fourth-order valence-electron chi connectivity index (χ4n) is 2.99. The summed E-state index contributed by atoms with van der Waals surface area (Å²) in [5.74, 6) is 0.489. The Hall–Kier alpha value is -2.12. The van der Waals surface area contributed by atoms with E-state index in [0.717, 1.165) is 6.54 Å². The molecule has 150 valence electrons. The van der Waals surface area contributed by atoms with Gasteiger partial charge in [-0.05, 0) is 31.0 Å². The summed E-state index contributed by atoms with van der Waals surface area (Å²) >= 11 is 0. The fourth-order valence-corrected chi connectivity index (χ4v) is 2.99. The van der Waals surface area contributed by atoms with E-state index in [4.69, 9.17) is 9.47 Å². The minimum absolute atomic E-state index is 0.0783. The molecule has 7 nitrogen and oxygen atoms in total. The molecule has 2 N–H and O–H groups in total. The van der Waals surface area contributed by atoms with Crippen molar-refractivity contribution in [2.45, 2.75) is 39.3 Å². The third kappa shape index (κ3) is 5.68. The van der Waals surface area contributed by atoms with Gasteiger partial charge in [0.1, 0.15) is 12.4 Å². The standard InChI is InChI=1S/C20H31N3O4/c1-6-19(24)22-15-7-8-17-16(9-15)20(25)23(4)11-18(26-5)13(2)10-21-14(3)12-27-17/h7-9,13-14,18,21H,6,10-12H2,1-5H3,(H,22,24)/t13-,14-,18+/m0/s1. The molecule has 1 aliphatic heterocycles. The average Bonchev–Trinajstić information content (AvgIpc) is 2.67. The summed E-state index contributed by atoms with van der Waals surface area (Å²) in [5.41, 5.74) is 1.02. The second-order valence-corrected chi connectivity index (χ2v) is 7.17. The largest absolute Gasteiger partial charge is 0.491 e. The molecule has 0 aromatic heterocycles. The van der Waals surface area contributed by atoms with Crippen LogP contribution in [-0.4, -0.2) is 62.7 Å². The lowest BCUT2D eigenvalue weighted by Crippen LogP contribution is -2.44. The van der Waals surface area contributed by atoms with Gasteiger partial charge in [-0.15, -0.1) is 0 Å². The maximum Gasteiger partial charge on any atom is 0.257 e. The van der Waals surface area contributed by atoms with Gasteiger partial charge in [0.05, 0.1) is 11.7 Å². The molecule has 1 aromatic carbocycles. The highest BCUT2D eigenvalue weighted by molar-refractivity contribution is 5.99. The van der Waals surface area contributed by atoms with Crippen molar-refractivity contribution in [3.63, 3.8) is 0 Å². The van der Waals surface area contributed by atoms with Gasteiger partial charge < -0.3 is 25.0 Å². The number of carbonyl (C=O) groups excluding carboxylic acids is 2. The maximum atomic E-state index is 13.1. The summed E-state index contributed by atoms with van der Waals surface area (Å²) in [6.07, 6.45) is 0.295.